The first-order chi connectivity index (χ1) is 9.45. The van der Waals surface area contributed by atoms with Crippen LogP contribution in [-0.4, -0.2) is 17.8 Å². The molecule has 0 spiro atoms. The first-order valence-corrected chi connectivity index (χ1v) is 6.40. The molecule has 1 aliphatic rings. The maximum Gasteiger partial charge on any atom is 0.335 e. The number of hydrogen-bond donors (Lipinski definition) is 1. The van der Waals surface area contributed by atoms with Crippen molar-refractivity contribution in [2.75, 3.05) is 4.90 Å². The van der Waals surface area contributed by atoms with E-state index in [0.717, 1.165) is 0 Å². The quantitative estimate of drug-likeness (QED) is 0.861. The average Bonchev–Trinajstić information content (AvgIpc) is 2.38. The second-order valence-corrected chi connectivity index (χ2v) is 4.76. The van der Waals surface area contributed by atoms with E-state index < -0.39 is 29.6 Å². The smallest absolute Gasteiger partial charge is 0.277 e. The number of rotatable bonds is 3. The molecular formula is C14H15FN2O3. The standard InChI is InChI=1S/C14H15FN2O3/c1-3-4-9-12(18)16-14(20)17(13(9)19)11-7-8(2)5-6-10(11)15/h5-7,9H,3-4H2,1-2H3,(H,16,18,20). The fourth-order valence-corrected chi connectivity index (χ4v) is 2.18. The van der Waals surface area contributed by atoms with Crippen LogP contribution in [0.1, 0.15) is 25.3 Å². The monoisotopic (exact) mass is 278 g/mol. The molecule has 1 saturated heterocycles. The number of nitrogens with one attached hydrogen (secondary N) is 1. The summed E-state index contributed by atoms with van der Waals surface area (Å²) in [4.78, 5) is 36.5. The molecule has 1 N–H and O–H groups in total. The van der Waals surface area contributed by atoms with Crippen molar-refractivity contribution in [2.45, 2.75) is 26.7 Å². The summed E-state index contributed by atoms with van der Waals surface area (Å²) in [5.74, 6) is -2.92. The summed E-state index contributed by atoms with van der Waals surface area (Å²) in [5.41, 5.74) is 0.590. The summed E-state index contributed by atoms with van der Waals surface area (Å²) in [6, 6.07) is 3.24. The van der Waals surface area contributed by atoms with Crippen LogP contribution in [0.3, 0.4) is 0 Å². The molecule has 1 unspecified atom stereocenters. The molecule has 0 radical (unpaired) electrons. The van der Waals surface area contributed by atoms with Gasteiger partial charge in [-0.05, 0) is 31.0 Å². The van der Waals surface area contributed by atoms with E-state index in [1.54, 1.807) is 13.0 Å². The zero-order chi connectivity index (χ0) is 14.9. The predicted molar refractivity (Wildman–Crippen MR) is 70.6 cm³/mol. The Kier molecular flexibility index (Phi) is 3.83. The lowest BCUT2D eigenvalue weighted by Gasteiger charge is -2.30. The third-order valence-electron chi connectivity index (χ3n) is 3.19. The van der Waals surface area contributed by atoms with Gasteiger partial charge in [0.15, 0.2) is 0 Å². The zero-order valence-corrected chi connectivity index (χ0v) is 11.3. The first-order valence-electron chi connectivity index (χ1n) is 6.40. The highest BCUT2D eigenvalue weighted by molar-refractivity contribution is 6.27. The lowest BCUT2D eigenvalue weighted by atomic mass is 9.98. The van der Waals surface area contributed by atoms with Crippen molar-refractivity contribution < 1.29 is 18.8 Å². The molecular weight excluding hydrogens is 263 g/mol. The molecule has 6 heteroatoms. The lowest BCUT2D eigenvalue weighted by Crippen LogP contribution is -2.58. The van der Waals surface area contributed by atoms with Crippen LogP contribution in [0.15, 0.2) is 18.2 Å². The largest absolute Gasteiger partial charge is 0.335 e. The van der Waals surface area contributed by atoms with Crippen molar-refractivity contribution in [1.29, 1.82) is 0 Å². The number of halogens is 1. The lowest BCUT2D eigenvalue weighted by molar-refractivity contribution is -0.134. The Hall–Kier alpha value is -2.24. The van der Waals surface area contributed by atoms with Crippen molar-refractivity contribution in [2.24, 2.45) is 5.92 Å². The summed E-state index contributed by atoms with van der Waals surface area (Å²) >= 11 is 0. The van der Waals surface area contributed by atoms with Gasteiger partial charge in [-0.15, -0.1) is 0 Å². The maximum absolute atomic E-state index is 13.9. The van der Waals surface area contributed by atoms with Gasteiger partial charge in [0.2, 0.25) is 11.8 Å². The Morgan fingerprint density at radius 3 is 2.65 bits per heavy atom. The molecule has 1 fully saturated rings. The first kappa shape index (κ1) is 14.2. The SMILES string of the molecule is CCCC1C(=O)NC(=O)N(c2cc(C)ccc2F)C1=O. The van der Waals surface area contributed by atoms with E-state index in [0.29, 0.717) is 23.3 Å². The fraction of sp³-hybridized carbons (Fsp3) is 0.357. The van der Waals surface area contributed by atoms with E-state index in [4.69, 9.17) is 0 Å². The Bertz CT molecular complexity index is 586. The molecule has 2 rings (SSSR count). The zero-order valence-electron chi connectivity index (χ0n) is 11.3. The third-order valence-corrected chi connectivity index (χ3v) is 3.19. The summed E-state index contributed by atoms with van der Waals surface area (Å²) in [7, 11) is 0. The van der Waals surface area contributed by atoms with Crippen LogP contribution >= 0.6 is 0 Å². The molecule has 5 nitrogen and oxygen atoms in total. The van der Waals surface area contributed by atoms with Crippen LogP contribution in [0.2, 0.25) is 0 Å². The van der Waals surface area contributed by atoms with Gasteiger partial charge in [0.25, 0.3) is 0 Å². The van der Waals surface area contributed by atoms with Gasteiger partial charge in [-0.1, -0.05) is 19.4 Å². The number of hydrogen-bond acceptors (Lipinski definition) is 3. The van der Waals surface area contributed by atoms with E-state index in [1.165, 1.54) is 12.1 Å². The normalized spacial score (nSPS) is 19.2. The predicted octanol–water partition coefficient (Wildman–Crippen LogP) is 2.13. The minimum atomic E-state index is -0.947. The number of carbonyl (C=O) groups excluding carboxylic acids is 3. The van der Waals surface area contributed by atoms with Gasteiger partial charge < -0.3 is 0 Å². The highest BCUT2D eigenvalue weighted by atomic mass is 19.1. The maximum atomic E-state index is 13.9. The van der Waals surface area contributed by atoms with Crippen molar-refractivity contribution in [3.8, 4) is 0 Å². The second-order valence-electron chi connectivity index (χ2n) is 4.76. The molecule has 1 aromatic carbocycles. The highest BCUT2D eigenvalue weighted by Gasteiger charge is 2.41. The van der Waals surface area contributed by atoms with E-state index in [9.17, 15) is 18.8 Å². The summed E-state index contributed by atoms with van der Waals surface area (Å²) in [6.07, 6.45) is 0.935. The van der Waals surface area contributed by atoms with E-state index >= 15 is 0 Å². The number of urea groups is 1. The van der Waals surface area contributed by atoms with E-state index in [1.807, 2.05) is 6.92 Å². The van der Waals surface area contributed by atoms with Crippen molar-refractivity contribution >= 4 is 23.5 Å². The molecule has 0 saturated carbocycles. The second kappa shape index (κ2) is 5.40. The van der Waals surface area contributed by atoms with Crippen LogP contribution in [0.25, 0.3) is 0 Å². The number of nitrogens with zero attached hydrogens (tertiary/aromatic N) is 1. The van der Waals surface area contributed by atoms with Crippen LogP contribution < -0.4 is 10.2 Å². The molecule has 0 aromatic heterocycles. The summed E-state index contributed by atoms with van der Waals surface area (Å²) in [6.45, 7) is 3.55. The van der Waals surface area contributed by atoms with Crippen LogP contribution in [0.4, 0.5) is 14.9 Å². The number of carbonyl (C=O) groups is 3. The Morgan fingerprint density at radius 2 is 2.00 bits per heavy atom. The number of benzene rings is 1. The molecule has 20 heavy (non-hydrogen) atoms. The van der Waals surface area contributed by atoms with Gasteiger partial charge in [0.1, 0.15) is 11.7 Å². The van der Waals surface area contributed by atoms with Crippen molar-refractivity contribution in [3.63, 3.8) is 0 Å². The number of imide groups is 2. The Balaban J connectivity index is 2.43. The van der Waals surface area contributed by atoms with Gasteiger partial charge in [-0.3, -0.25) is 14.9 Å². The van der Waals surface area contributed by atoms with Gasteiger partial charge in [-0.25, -0.2) is 14.1 Å². The minimum absolute atomic E-state index is 0.124. The topological polar surface area (TPSA) is 66.5 Å². The van der Waals surface area contributed by atoms with Gasteiger partial charge in [-0.2, -0.15) is 0 Å². The van der Waals surface area contributed by atoms with Crippen LogP contribution in [0, 0.1) is 18.7 Å². The van der Waals surface area contributed by atoms with Gasteiger partial charge in [0, 0.05) is 0 Å². The molecule has 0 aliphatic carbocycles. The number of aryl methyl sites for hydroxylation is 1. The third kappa shape index (κ3) is 2.41. The summed E-state index contributed by atoms with van der Waals surface area (Å²) in [5, 5.41) is 2.10. The van der Waals surface area contributed by atoms with Gasteiger partial charge in [0.05, 0.1) is 5.69 Å². The van der Waals surface area contributed by atoms with Crippen LogP contribution in [-0.2, 0) is 9.59 Å². The number of anilines is 1. The van der Waals surface area contributed by atoms with Crippen molar-refractivity contribution in [1.82, 2.24) is 5.32 Å². The molecule has 1 aliphatic heterocycles. The Labute approximate surface area is 115 Å². The molecule has 1 atom stereocenters. The number of barbiturate groups is 1. The van der Waals surface area contributed by atoms with Crippen LogP contribution in [0.5, 0.6) is 0 Å². The molecule has 1 aromatic rings. The minimum Gasteiger partial charge on any atom is -0.277 e. The molecule has 1 heterocycles. The Morgan fingerprint density at radius 1 is 1.30 bits per heavy atom. The molecule has 106 valence electrons. The van der Waals surface area contributed by atoms with Crippen molar-refractivity contribution in [3.05, 3.63) is 29.6 Å². The molecule has 0 bridgehead atoms. The fourth-order valence-electron chi connectivity index (χ4n) is 2.18. The molecule has 4 amide bonds. The number of amides is 4. The summed E-state index contributed by atoms with van der Waals surface area (Å²) < 4.78 is 13.9. The van der Waals surface area contributed by atoms with E-state index in [-0.39, 0.29) is 5.69 Å². The average molecular weight is 278 g/mol. The highest BCUT2D eigenvalue weighted by Crippen LogP contribution is 2.26. The van der Waals surface area contributed by atoms with E-state index in [2.05, 4.69) is 5.32 Å². The van der Waals surface area contributed by atoms with Gasteiger partial charge >= 0.3 is 6.03 Å².